The second kappa shape index (κ2) is 7.32. The van der Waals surface area contributed by atoms with Crippen LogP contribution >= 0.6 is 11.3 Å². The molecule has 2 aromatic rings. The molecule has 1 heterocycles. The fraction of sp³-hybridized carbons (Fsp3) is 0.312. The summed E-state index contributed by atoms with van der Waals surface area (Å²) in [4.78, 5) is 21.1. The average Bonchev–Trinajstić information content (AvgIpc) is 2.95. The van der Waals surface area contributed by atoms with Gasteiger partial charge in [-0.05, 0) is 24.3 Å². The van der Waals surface area contributed by atoms with Gasteiger partial charge in [-0.2, -0.15) is 0 Å². The highest BCUT2D eigenvalue weighted by atomic mass is 32.1. The van der Waals surface area contributed by atoms with Gasteiger partial charge in [-0.15, -0.1) is 11.3 Å². The minimum atomic E-state index is -0.453. The van der Waals surface area contributed by atoms with E-state index >= 15 is 0 Å². The minimum Gasteiger partial charge on any atom is -0.389 e. The van der Waals surface area contributed by atoms with E-state index in [9.17, 15) is 9.18 Å². The van der Waals surface area contributed by atoms with Gasteiger partial charge in [0.25, 0.3) is 5.91 Å². The van der Waals surface area contributed by atoms with Crippen LogP contribution < -0.4 is 5.32 Å². The first-order chi connectivity index (χ1) is 10.8. The third kappa shape index (κ3) is 5.45. The van der Waals surface area contributed by atoms with Gasteiger partial charge in [0.15, 0.2) is 6.61 Å². The minimum absolute atomic E-state index is 0.00122. The van der Waals surface area contributed by atoms with Crippen molar-refractivity contribution in [3.63, 3.8) is 0 Å². The number of halogens is 1. The van der Waals surface area contributed by atoms with Crippen molar-refractivity contribution in [3.05, 3.63) is 46.2 Å². The molecule has 0 bridgehead atoms. The standard InChI is InChI=1S/C16H18FN3O2S/c1-16(2,3)15-20-13(10-23-15)9-22-18-8-14(21)19-12-6-4-11(17)5-7-12/h4-8,10H,9H2,1-3H3,(H,19,21)/b18-8+. The summed E-state index contributed by atoms with van der Waals surface area (Å²) >= 11 is 1.57. The summed E-state index contributed by atoms with van der Waals surface area (Å²) in [6, 6.07) is 5.45. The molecule has 0 radical (unpaired) electrons. The van der Waals surface area contributed by atoms with Crippen LogP contribution in [0.5, 0.6) is 0 Å². The van der Waals surface area contributed by atoms with Crippen LogP contribution in [0.2, 0.25) is 0 Å². The zero-order chi connectivity index (χ0) is 16.9. The summed E-state index contributed by atoms with van der Waals surface area (Å²) in [7, 11) is 0. The maximum Gasteiger partial charge on any atom is 0.270 e. The number of hydrogen-bond donors (Lipinski definition) is 1. The number of aromatic nitrogens is 1. The topological polar surface area (TPSA) is 63.6 Å². The number of nitrogens with zero attached hydrogens (tertiary/aromatic N) is 2. The van der Waals surface area contributed by atoms with Crippen LogP contribution in [0, 0.1) is 5.82 Å². The molecule has 0 aliphatic heterocycles. The van der Waals surface area contributed by atoms with Crippen molar-refractivity contribution >= 4 is 29.1 Å². The van der Waals surface area contributed by atoms with Crippen molar-refractivity contribution in [2.45, 2.75) is 32.8 Å². The zero-order valence-electron chi connectivity index (χ0n) is 13.2. The number of oxime groups is 1. The van der Waals surface area contributed by atoms with Crippen LogP contribution in [-0.2, 0) is 21.7 Å². The Morgan fingerprint density at radius 3 is 2.70 bits per heavy atom. The van der Waals surface area contributed by atoms with E-state index in [1.165, 1.54) is 24.3 Å². The number of hydrogen-bond acceptors (Lipinski definition) is 5. The van der Waals surface area contributed by atoms with Gasteiger partial charge in [0.05, 0.1) is 10.7 Å². The Balaban J connectivity index is 1.79. The third-order valence-electron chi connectivity index (χ3n) is 2.76. The molecule has 0 aliphatic carbocycles. The molecule has 0 saturated heterocycles. The maximum absolute atomic E-state index is 12.7. The average molecular weight is 335 g/mol. The third-order valence-corrected chi connectivity index (χ3v) is 4.08. The van der Waals surface area contributed by atoms with Crippen LogP contribution in [0.15, 0.2) is 34.8 Å². The smallest absolute Gasteiger partial charge is 0.270 e. The van der Waals surface area contributed by atoms with Crippen LogP contribution in [0.25, 0.3) is 0 Å². The molecule has 1 aromatic carbocycles. The number of carbonyl (C=O) groups is 1. The van der Waals surface area contributed by atoms with Crippen molar-refractivity contribution in [3.8, 4) is 0 Å². The summed E-state index contributed by atoms with van der Waals surface area (Å²) in [5, 5.41) is 9.08. The lowest BCUT2D eigenvalue weighted by atomic mass is 9.98. The molecule has 2 rings (SSSR count). The first-order valence-electron chi connectivity index (χ1n) is 7.01. The Labute approximate surface area is 138 Å². The van der Waals surface area contributed by atoms with E-state index in [2.05, 4.69) is 36.2 Å². The van der Waals surface area contributed by atoms with Crippen molar-refractivity contribution in [2.24, 2.45) is 5.16 Å². The van der Waals surface area contributed by atoms with E-state index in [1.807, 2.05) is 5.38 Å². The first kappa shape index (κ1) is 17.1. The highest BCUT2D eigenvalue weighted by Gasteiger charge is 2.17. The van der Waals surface area contributed by atoms with E-state index < -0.39 is 5.91 Å². The monoisotopic (exact) mass is 335 g/mol. The van der Waals surface area contributed by atoms with E-state index in [0.717, 1.165) is 16.9 Å². The fourth-order valence-electron chi connectivity index (χ4n) is 1.61. The van der Waals surface area contributed by atoms with Gasteiger partial charge in [0.2, 0.25) is 0 Å². The van der Waals surface area contributed by atoms with E-state index in [1.54, 1.807) is 11.3 Å². The number of rotatable bonds is 5. The van der Waals surface area contributed by atoms with Gasteiger partial charge >= 0.3 is 0 Å². The molecular weight excluding hydrogens is 317 g/mol. The maximum atomic E-state index is 12.7. The molecule has 1 N–H and O–H groups in total. The second-order valence-corrected chi connectivity index (χ2v) is 6.76. The molecule has 23 heavy (non-hydrogen) atoms. The van der Waals surface area contributed by atoms with E-state index in [0.29, 0.717) is 5.69 Å². The Hall–Kier alpha value is -2.28. The normalized spacial score (nSPS) is 11.7. The van der Waals surface area contributed by atoms with Gasteiger partial charge < -0.3 is 10.2 Å². The molecule has 7 heteroatoms. The second-order valence-electron chi connectivity index (χ2n) is 5.90. The number of thiazole rings is 1. The summed E-state index contributed by atoms with van der Waals surface area (Å²) in [5.74, 6) is -0.817. The predicted octanol–water partition coefficient (Wildman–Crippen LogP) is 3.72. The lowest BCUT2D eigenvalue weighted by molar-refractivity contribution is -0.110. The summed E-state index contributed by atoms with van der Waals surface area (Å²) in [5.41, 5.74) is 1.26. The number of benzene rings is 1. The molecule has 122 valence electrons. The Bertz CT molecular complexity index is 690. The van der Waals surface area contributed by atoms with Crippen LogP contribution in [0.1, 0.15) is 31.5 Å². The molecule has 0 aliphatic rings. The molecular formula is C16H18FN3O2S. The number of nitrogens with one attached hydrogen (secondary N) is 1. The quantitative estimate of drug-likeness (QED) is 0.669. The molecule has 0 atom stereocenters. The van der Waals surface area contributed by atoms with Crippen LogP contribution in [-0.4, -0.2) is 17.1 Å². The van der Waals surface area contributed by atoms with Gasteiger partial charge in [-0.1, -0.05) is 25.9 Å². The highest BCUT2D eigenvalue weighted by Crippen LogP contribution is 2.25. The molecule has 0 saturated carbocycles. The van der Waals surface area contributed by atoms with Gasteiger partial charge in [0.1, 0.15) is 12.0 Å². The SMILES string of the molecule is CC(C)(C)c1nc(CO/N=C/C(=O)Nc2ccc(F)cc2)cs1. The van der Waals surface area contributed by atoms with Crippen molar-refractivity contribution in [1.82, 2.24) is 4.98 Å². The Morgan fingerprint density at radius 1 is 1.39 bits per heavy atom. The lowest BCUT2D eigenvalue weighted by Gasteiger charge is -2.13. The predicted molar refractivity (Wildman–Crippen MR) is 89.1 cm³/mol. The molecule has 1 aromatic heterocycles. The molecule has 0 fully saturated rings. The Kier molecular flexibility index (Phi) is 5.44. The van der Waals surface area contributed by atoms with Crippen molar-refractivity contribution < 1.29 is 14.0 Å². The summed E-state index contributed by atoms with van der Waals surface area (Å²) < 4.78 is 12.7. The number of anilines is 1. The van der Waals surface area contributed by atoms with Gasteiger partial charge in [0, 0.05) is 16.5 Å². The Morgan fingerprint density at radius 2 is 2.09 bits per heavy atom. The molecule has 1 amide bonds. The highest BCUT2D eigenvalue weighted by molar-refractivity contribution is 7.09. The first-order valence-corrected chi connectivity index (χ1v) is 7.89. The summed E-state index contributed by atoms with van der Waals surface area (Å²) in [6.07, 6.45) is 1.03. The van der Waals surface area contributed by atoms with Gasteiger partial charge in [-0.25, -0.2) is 9.37 Å². The van der Waals surface area contributed by atoms with Gasteiger partial charge in [-0.3, -0.25) is 4.79 Å². The van der Waals surface area contributed by atoms with E-state index in [-0.39, 0.29) is 17.8 Å². The van der Waals surface area contributed by atoms with Crippen molar-refractivity contribution in [1.29, 1.82) is 0 Å². The molecule has 5 nitrogen and oxygen atoms in total. The lowest BCUT2D eigenvalue weighted by Crippen LogP contribution is -2.12. The van der Waals surface area contributed by atoms with E-state index in [4.69, 9.17) is 4.84 Å². The fourth-order valence-corrected chi connectivity index (χ4v) is 2.51. The zero-order valence-corrected chi connectivity index (χ0v) is 14.0. The summed E-state index contributed by atoms with van der Waals surface area (Å²) in [6.45, 7) is 6.48. The van der Waals surface area contributed by atoms with Crippen LogP contribution in [0.3, 0.4) is 0 Å². The largest absolute Gasteiger partial charge is 0.389 e. The number of carbonyl (C=O) groups excluding carboxylic acids is 1. The molecule has 0 spiro atoms. The van der Waals surface area contributed by atoms with Crippen molar-refractivity contribution in [2.75, 3.05) is 5.32 Å². The van der Waals surface area contributed by atoms with Crippen LogP contribution in [0.4, 0.5) is 10.1 Å². The molecule has 0 unspecified atom stereocenters. The number of amides is 1.